The fourth-order valence-corrected chi connectivity index (χ4v) is 7.91. The monoisotopic (exact) mass is 651 g/mol. The summed E-state index contributed by atoms with van der Waals surface area (Å²) in [5.41, 5.74) is 13.8. The Hall–Kier alpha value is -6.84. The first-order valence-electron chi connectivity index (χ1n) is 17.5. The van der Waals surface area contributed by atoms with Crippen molar-refractivity contribution in [1.82, 2.24) is 9.13 Å². The van der Waals surface area contributed by atoms with E-state index in [4.69, 9.17) is 0 Å². The first-order valence-corrected chi connectivity index (χ1v) is 17.5. The van der Waals surface area contributed by atoms with Crippen LogP contribution in [0.4, 0.5) is 11.4 Å². The summed E-state index contributed by atoms with van der Waals surface area (Å²) in [6.45, 7) is 0. The van der Waals surface area contributed by atoms with Gasteiger partial charge in [-0.2, -0.15) is 0 Å². The van der Waals surface area contributed by atoms with E-state index in [2.05, 4.69) is 209 Å². The molecule has 0 aliphatic carbocycles. The van der Waals surface area contributed by atoms with Crippen molar-refractivity contribution in [3.63, 3.8) is 0 Å². The maximum atomic E-state index is 3.77. The third-order valence-corrected chi connectivity index (χ3v) is 10.1. The van der Waals surface area contributed by atoms with Crippen molar-refractivity contribution < 1.29 is 0 Å². The van der Waals surface area contributed by atoms with E-state index in [1.54, 1.807) is 0 Å². The summed E-state index contributed by atoms with van der Waals surface area (Å²) in [5, 5.41) is 8.74. The molecule has 51 heavy (non-hydrogen) atoms. The standard InChI is InChI=1S/C48H33N3/c1-2-16-33(17-3-1)36-20-4-9-26-42(36)49-35-19-14-18-34(32-35)37-25-15-31-47(50-43-27-10-5-21-38(43)39-22-6-11-28-44(39)50)48(37)51-45-29-12-7-23-40(45)41-24-8-13-30-46(41)51/h1-32,49H. The molecule has 0 amide bonds. The van der Waals surface area contributed by atoms with E-state index in [0.29, 0.717) is 0 Å². The lowest BCUT2D eigenvalue weighted by molar-refractivity contribution is 1.10. The number of fused-ring (bicyclic) bond motifs is 6. The molecule has 0 unspecified atom stereocenters. The van der Waals surface area contributed by atoms with Crippen LogP contribution < -0.4 is 5.32 Å². The predicted octanol–water partition coefficient (Wildman–Crippen LogP) is 13.0. The van der Waals surface area contributed by atoms with E-state index in [-0.39, 0.29) is 0 Å². The summed E-state index contributed by atoms with van der Waals surface area (Å²) in [6.07, 6.45) is 0. The number of anilines is 2. The molecule has 0 atom stereocenters. The molecule has 10 rings (SSSR count). The van der Waals surface area contributed by atoms with E-state index in [0.717, 1.165) is 33.9 Å². The molecule has 10 aromatic rings. The van der Waals surface area contributed by atoms with E-state index >= 15 is 0 Å². The van der Waals surface area contributed by atoms with Gasteiger partial charge in [-0.15, -0.1) is 0 Å². The summed E-state index contributed by atoms with van der Waals surface area (Å²) in [5.74, 6) is 0. The van der Waals surface area contributed by atoms with Crippen LogP contribution in [0.15, 0.2) is 194 Å². The lowest BCUT2D eigenvalue weighted by Crippen LogP contribution is -2.05. The van der Waals surface area contributed by atoms with Gasteiger partial charge in [0.1, 0.15) is 0 Å². The highest BCUT2D eigenvalue weighted by atomic mass is 15.1. The zero-order valence-corrected chi connectivity index (χ0v) is 27.9. The van der Waals surface area contributed by atoms with Crippen LogP contribution in [0.3, 0.4) is 0 Å². The second-order valence-corrected chi connectivity index (χ2v) is 13.0. The van der Waals surface area contributed by atoms with Crippen LogP contribution in [0.1, 0.15) is 0 Å². The number of hydrogen-bond donors (Lipinski definition) is 1. The van der Waals surface area contributed by atoms with Gasteiger partial charge in [0, 0.05) is 44.0 Å². The molecule has 2 aromatic heterocycles. The minimum Gasteiger partial charge on any atom is -0.355 e. The fourth-order valence-electron chi connectivity index (χ4n) is 7.91. The summed E-state index contributed by atoms with van der Waals surface area (Å²) in [4.78, 5) is 0. The van der Waals surface area contributed by atoms with Gasteiger partial charge in [-0.3, -0.25) is 0 Å². The lowest BCUT2D eigenvalue weighted by atomic mass is 10.00. The van der Waals surface area contributed by atoms with Gasteiger partial charge in [0.15, 0.2) is 0 Å². The number of rotatable bonds is 6. The van der Waals surface area contributed by atoms with Crippen LogP contribution in [0.5, 0.6) is 0 Å². The zero-order chi connectivity index (χ0) is 33.7. The summed E-state index contributed by atoms with van der Waals surface area (Å²) in [7, 11) is 0. The average Bonchev–Trinajstić information content (AvgIpc) is 3.71. The van der Waals surface area contributed by atoms with Crippen molar-refractivity contribution >= 4 is 55.0 Å². The molecule has 0 aliphatic heterocycles. The molecule has 1 N–H and O–H groups in total. The van der Waals surface area contributed by atoms with Crippen molar-refractivity contribution in [3.8, 4) is 33.6 Å². The SMILES string of the molecule is c1ccc(-c2ccccc2Nc2cccc(-c3cccc(-n4c5ccccc5c5ccccc54)c3-n3c4ccccc4c4ccccc43)c2)cc1. The van der Waals surface area contributed by atoms with Crippen LogP contribution in [0.2, 0.25) is 0 Å². The van der Waals surface area contributed by atoms with Gasteiger partial charge >= 0.3 is 0 Å². The fraction of sp³-hybridized carbons (Fsp3) is 0. The smallest absolute Gasteiger partial charge is 0.0781 e. The molecule has 0 saturated heterocycles. The quantitative estimate of drug-likeness (QED) is 0.190. The number of nitrogens with zero attached hydrogens (tertiary/aromatic N) is 2. The van der Waals surface area contributed by atoms with Gasteiger partial charge in [-0.25, -0.2) is 0 Å². The number of para-hydroxylation sites is 6. The Balaban J connectivity index is 1.25. The molecule has 0 bridgehead atoms. The minimum atomic E-state index is 1.03. The molecule has 2 heterocycles. The topological polar surface area (TPSA) is 21.9 Å². The third-order valence-electron chi connectivity index (χ3n) is 10.1. The maximum Gasteiger partial charge on any atom is 0.0781 e. The van der Waals surface area contributed by atoms with E-state index in [1.165, 1.54) is 54.7 Å². The Bertz CT molecular complexity index is 2790. The van der Waals surface area contributed by atoms with Gasteiger partial charge in [-0.1, -0.05) is 146 Å². The van der Waals surface area contributed by atoms with Crippen molar-refractivity contribution in [2.75, 3.05) is 5.32 Å². The maximum absolute atomic E-state index is 3.77. The van der Waals surface area contributed by atoms with Crippen molar-refractivity contribution in [2.24, 2.45) is 0 Å². The van der Waals surface area contributed by atoms with Crippen molar-refractivity contribution in [1.29, 1.82) is 0 Å². The molecule has 0 radical (unpaired) electrons. The molecule has 0 saturated carbocycles. The van der Waals surface area contributed by atoms with E-state index in [1.807, 2.05) is 0 Å². The molecule has 3 nitrogen and oxygen atoms in total. The van der Waals surface area contributed by atoms with Crippen molar-refractivity contribution in [2.45, 2.75) is 0 Å². The predicted molar refractivity (Wildman–Crippen MR) is 216 cm³/mol. The average molecular weight is 652 g/mol. The first kappa shape index (κ1) is 29.1. The Morgan fingerprint density at radius 2 is 0.804 bits per heavy atom. The van der Waals surface area contributed by atoms with Gasteiger partial charge in [0.2, 0.25) is 0 Å². The van der Waals surface area contributed by atoms with Crippen molar-refractivity contribution in [3.05, 3.63) is 194 Å². The highest BCUT2D eigenvalue weighted by molar-refractivity contribution is 6.12. The molecule has 0 spiro atoms. The summed E-state index contributed by atoms with van der Waals surface area (Å²) >= 11 is 0. The van der Waals surface area contributed by atoms with Crippen LogP contribution in [0.25, 0.3) is 77.2 Å². The Morgan fingerprint density at radius 3 is 1.43 bits per heavy atom. The van der Waals surface area contributed by atoms with Crippen LogP contribution in [-0.4, -0.2) is 9.13 Å². The molecule has 8 aromatic carbocycles. The molecule has 240 valence electrons. The molecule has 0 fully saturated rings. The Morgan fingerprint density at radius 1 is 0.333 bits per heavy atom. The zero-order valence-electron chi connectivity index (χ0n) is 27.9. The molecule has 3 heteroatoms. The number of nitrogens with one attached hydrogen (secondary N) is 1. The highest BCUT2D eigenvalue weighted by Crippen LogP contribution is 2.42. The van der Waals surface area contributed by atoms with Gasteiger partial charge in [0.05, 0.1) is 33.4 Å². The van der Waals surface area contributed by atoms with Gasteiger partial charge in [0.25, 0.3) is 0 Å². The van der Waals surface area contributed by atoms with Gasteiger partial charge in [-0.05, 0) is 59.7 Å². The number of aromatic nitrogens is 2. The molecular weight excluding hydrogens is 619 g/mol. The Kier molecular flexibility index (Phi) is 6.81. The highest BCUT2D eigenvalue weighted by Gasteiger charge is 2.22. The number of hydrogen-bond acceptors (Lipinski definition) is 1. The third kappa shape index (κ3) is 4.74. The van der Waals surface area contributed by atoms with Crippen LogP contribution in [0, 0.1) is 0 Å². The second kappa shape index (κ2) is 11.9. The lowest BCUT2D eigenvalue weighted by Gasteiger charge is -2.21. The first-order chi connectivity index (χ1) is 25.3. The normalized spacial score (nSPS) is 11.5. The van der Waals surface area contributed by atoms with Crippen LogP contribution >= 0.6 is 0 Å². The molecular formula is C48H33N3. The number of benzene rings is 8. The van der Waals surface area contributed by atoms with E-state index in [9.17, 15) is 0 Å². The second-order valence-electron chi connectivity index (χ2n) is 13.0. The van der Waals surface area contributed by atoms with E-state index < -0.39 is 0 Å². The Labute approximate surface area is 296 Å². The largest absolute Gasteiger partial charge is 0.355 e. The minimum absolute atomic E-state index is 1.03. The molecule has 0 aliphatic rings. The van der Waals surface area contributed by atoms with Gasteiger partial charge < -0.3 is 14.5 Å². The summed E-state index contributed by atoms with van der Waals surface area (Å²) < 4.78 is 4.93. The summed E-state index contributed by atoms with van der Waals surface area (Å²) in [6, 6.07) is 69.7. The van der Waals surface area contributed by atoms with Crippen LogP contribution in [-0.2, 0) is 0 Å².